The Kier molecular flexibility index (Phi) is 4.37. The zero-order valence-corrected chi connectivity index (χ0v) is 9.53. The third kappa shape index (κ3) is 3.10. The molecule has 0 heterocycles. The van der Waals surface area contributed by atoms with Gasteiger partial charge < -0.3 is 9.84 Å². The van der Waals surface area contributed by atoms with Crippen LogP contribution in [0.15, 0.2) is 30.3 Å². The molecule has 0 saturated carbocycles. The molecule has 0 aliphatic heterocycles. The number of hydrogen-bond acceptors (Lipinski definition) is 2. The fourth-order valence-corrected chi connectivity index (χ4v) is 1.57. The van der Waals surface area contributed by atoms with Gasteiger partial charge in [0.2, 0.25) is 0 Å². The summed E-state index contributed by atoms with van der Waals surface area (Å²) in [4.78, 5) is 0. The van der Waals surface area contributed by atoms with Gasteiger partial charge in [0.15, 0.2) is 0 Å². The molecule has 0 radical (unpaired) electrons. The van der Waals surface area contributed by atoms with Gasteiger partial charge in [-0.1, -0.05) is 32.1 Å². The van der Waals surface area contributed by atoms with Crippen molar-refractivity contribution in [2.24, 2.45) is 5.92 Å². The van der Waals surface area contributed by atoms with Crippen LogP contribution in [0.3, 0.4) is 0 Å². The summed E-state index contributed by atoms with van der Waals surface area (Å²) in [6.45, 7) is 4.32. The number of allylic oxidation sites excluding steroid dienone is 1. The van der Waals surface area contributed by atoms with E-state index in [2.05, 4.69) is 13.8 Å². The van der Waals surface area contributed by atoms with E-state index in [0.717, 1.165) is 11.3 Å². The van der Waals surface area contributed by atoms with Crippen LogP contribution >= 0.6 is 0 Å². The number of hydrogen-bond donors (Lipinski definition) is 1. The molecule has 0 aromatic heterocycles. The summed E-state index contributed by atoms with van der Waals surface area (Å²) in [5, 5.41) is 8.95. The van der Waals surface area contributed by atoms with Crippen molar-refractivity contribution >= 4 is 5.57 Å². The minimum Gasteiger partial charge on any atom is -0.497 e. The minimum absolute atomic E-state index is 0.0829. The van der Waals surface area contributed by atoms with Gasteiger partial charge in [0.1, 0.15) is 5.75 Å². The summed E-state index contributed by atoms with van der Waals surface area (Å²) in [6, 6.07) is 7.90. The zero-order chi connectivity index (χ0) is 11.3. The molecular formula is C13H18O2. The summed E-state index contributed by atoms with van der Waals surface area (Å²) in [5.41, 5.74) is 2.31. The molecule has 0 saturated heterocycles. The summed E-state index contributed by atoms with van der Waals surface area (Å²) in [7, 11) is 1.65. The fraction of sp³-hybridized carbons (Fsp3) is 0.385. The lowest BCUT2D eigenvalue weighted by atomic mass is 9.95. The number of aliphatic hydroxyl groups excluding tert-OH is 1. The quantitative estimate of drug-likeness (QED) is 0.820. The topological polar surface area (TPSA) is 29.5 Å². The fourth-order valence-electron chi connectivity index (χ4n) is 1.57. The van der Waals surface area contributed by atoms with E-state index in [0.29, 0.717) is 5.92 Å². The summed E-state index contributed by atoms with van der Waals surface area (Å²) < 4.78 is 5.10. The van der Waals surface area contributed by atoms with Crippen LogP contribution in [0.5, 0.6) is 5.75 Å². The van der Waals surface area contributed by atoms with Gasteiger partial charge in [0, 0.05) is 0 Å². The predicted molar refractivity (Wildman–Crippen MR) is 62.9 cm³/mol. The maximum atomic E-state index is 8.95. The van der Waals surface area contributed by atoms with Crippen molar-refractivity contribution in [2.75, 3.05) is 13.7 Å². The van der Waals surface area contributed by atoms with Crippen LogP contribution in [-0.4, -0.2) is 18.8 Å². The summed E-state index contributed by atoms with van der Waals surface area (Å²) in [6.07, 6.45) is 1.85. The van der Waals surface area contributed by atoms with E-state index in [1.807, 2.05) is 30.3 Å². The Morgan fingerprint density at radius 3 is 2.33 bits per heavy atom. The normalized spacial score (nSPS) is 11.9. The Morgan fingerprint density at radius 1 is 1.33 bits per heavy atom. The molecule has 1 N–H and O–H groups in total. The molecule has 2 nitrogen and oxygen atoms in total. The van der Waals surface area contributed by atoms with Gasteiger partial charge in [-0.05, 0) is 29.2 Å². The highest BCUT2D eigenvalue weighted by molar-refractivity contribution is 5.67. The van der Waals surface area contributed by atoms with Crippen molar-refractivity contribution < 1.29 is 9.84 Å². The Balaban J connectivity index is 2.97. The van der Waals surface area contributed by atoms with Crippen molar-refractivity contribution in [3.63, 3.8) is 0 Å². The number of ether oxygens (including phenoxy) is 1. The first-order chi connectivity index (χ1) is 7.19. The Morgan fingerprint density at radius 2 is 1.93 bits per heavy atom. The SMILES string of the molecule is COc1ccc(/C(=C/CO)C(C)C)cc1. The summed E-state index contributed by atoms with van der Waals surface area (Å²) >= 11 is 0. The second-order valence-corrected chi connectivity index (χ2v) is 3.73. The molecule has 0 spiro atoms. The molecule has 0 atom stereocenters. The monoisotopic (exact) mass is 206 g/mol. The number of rotatable bonds is 4. The molecule has 1 aromatic carbocycles. The van der Waals surface area contributed by atoms with Gasteiger partial charge in [-0.3, -0.25) is 0 Å². The van der Waals surface area contributed by atoms with E-state index in [9.17, 15) is 0 Å². The molecule has 1 rings (SSSR count). The number of aliphatic hydroxyl groups is 1. The van der Waals surface area contributed by atoms with Crippen LogP contribution < -0.4 is 4.74 Å². The maximum Gasteiger partial charge on any atom is 0.118 e. The lowest BCUT2D eigenvalue weighted by Gasteiger charge is -2.12. The van der Waals surface area contributed by atoms with E-state index in [1.165, 1.54) is 5.57 Å². The van der Waals surface area contributed by atoms with Gasteiger partial charge in [-0.25, -0.2) is 0 Å². The molecule has 82 valence electrons. The van der Waals surface area contributed by atoms with Gasteiger partial charge in [-0.2, -0.15) is 0 Å². The third-order valence-electron chi connectivity index (χ3n) is 2.36. The van der Waals surface area contributed by atoms with Crippen LogP contribution in [0.2, 0.25) is 0 Å². The van der Waals surface area contributed by atoms with Crippen LogP contribution in [0.25, 0.3) is 5.57 Å². The molecule has 0 aliphatic rings. The second-order valence-electron chi connectivity index (χ2n) is 3.73. The van der Waals surface area contributed by atoms with Gasteiger partial charge in [0.05, 0.1) is 13.7 Å². The Hall–Kier alpha value is -1.28. The zero-order valence-electron chi connectivity index (χ0n) is 9.53. The molecule has 0 unspecified atom stereocenters. The van der Waals surface area contributed by atoms with Crippen molar-refractivity contribution in [1.29, 1.82) is 0 Å². The van der Waals surface area contributed by atoms with E-state index < -0.39 is 0 Å². The lowest BCUT2D eigenvalue weighted by Crippen LogP contribution is -1.95. The standard InChI is InChI=1S/C13H18O2/c1-10(2)13(8-9-14)11-4-6-12(15-3)7-5-11/h4-8,10,14H,9H2,1-3H3/b13-8+. The van der Waals surface area contributed by atoms with Crippen molar-refractivity contribution in [1.82, 2.24) is 0 Å². The smallest absolute Gasteiger partial charge is 0.118 e. The predicted octanol–water partition coefficient (Wildman–Crippen LogP) is 2.73. The third-order valence-corrected chi connectivity index (χ3v) is 2.36. The average molecular weight is 206 g/mol. The van der Waals surface area contributed by atoms with E-state index >= 15 is 0 Å². The molecule has 0 aliphatic carbocycles. The Labute approximate surface area is 91.2 Å². The average Bonchev–Trinajstić information content (AvgIpc) is 2.26. The van der Waals surface area contributed by atoms with Gasteiger partial charge >= 0.3 is 0 Å². The molecule has 15 heavy (non-hydrogen) atoms. The number of methoxy groups -OCH3 is 1. The highest BCUT2D eigenvalue weighted by atomic mass is 16.5. The largest absolute Gasteiger partial charge is 0.497 e. The highest BCUT2D eigenvalue weighted by Crippen LogP contribution is 2.24. The van der Waals surface area contributed by atoms with E-state index in [4.69, 9.17) is 9.84 Å². The molecule has 1 aromatic rings. The first-order valence-electron chi connectivity index (χ1n) is 5.14. The maximum absolute atomic E-state index is 8.95. The van der Waals surface area contributed by atoms with Gasteiger partial charge in [0.25, 0.3) is 0 Å². The number of benzene rings is 1. The first-order valence-corrected chi connectivity index (χ1v) is 5.14. The van der Waals surface area contributed by atoms with Crippen molar-refractivity contribution in [3.8, 4) is 5.75 Å². The minimum atomic E-state index is 0.0829. The van der Waals surface area contributed by atoms with Crippen LogP contribution in [0, 0.1) is 5.92 Å². The van der Waals surface area contributed by atoms with Gasteiger partial charge in [-0.15, -0.1) is 0 Å². The Bertz CT molecular complexity index is 323. The molecule has 0 bridgehead atoms. The molecule has 0 amide bonds. The molecular weight excluding hydrogens is 188 g/mol. The van der Waals surface area contributed by atoms with E-state index in [1.54, 1.807) is 7.11 Å². The highest BCUT2D eigenvalue weighted by Gasteiger charge is 2.05. The molecule has 2 heteroatoms. The molecule has 0 fully saturated rings. The van der Waals surface area contributed by atoms with E-state index in [-0.39, 0.29) is 6.61 Å². The van der Waals surface area contributed by atoms with Crippen molar-refractivity contribution in [3.05, 3.63) is 35.9 Å². The van der Waals surface area contributed by atoms with Crippen LogP contribution in [0.4, 0.5) is 0 Å². The van der Waals surface area contributed by atoms with Crippen LogP contribution in [-0.2, 0) is 0 Å². The second kappa shape index (κ2) is 5.56. The van der Waals surface area contributed by atoms with Crippen molar-refractivity contribution in [2.45, 2.75) is 13.8 Å². The first kappa shape index (κ1) is 11.8. The van der Waals surface area contributed by atoms with Crippen LogP contribution in [0.1, 0.15) is 19.4 Å². The lowest BCUT2D eigenvalue weighted by molar-refractivity contribution is 0.342. The summed E-state index contributed by atoms with van der Waals surface area (Å²) in [5.74, 6) is 1.26.